The van der Waals surface area contributed by atoms with Crippen LogP contribution < -0.4 is 0 Å². The third-order valence-electron chi connectivity index (χ3n) is 2.79. The van der Waals surface area contributed by atoms with Crippen LogP contribution in [0.15, 0.2) is 24.5 Å². The van der Waals surface area contributed by atoms with E-state index >= 15 is 0 Å². The molecule has 0 saturated heterocycles. The predicted molar refractivity (Wildman–Crippen MR) is 70.8 cm³/mol. The lowest BCUT2D eigenvalue weighted by Gasteiger charge is -2.05. The molecule has 0 saturated carbocycles. The van der Waals surface area contributed by atoms with Crippen LogP contribution in [0.5, 0.6) is 0 Å². The summed E-state index contributed by atoms with van der Waals surface area (Å²) in [5.74, 6) is -1.30. The number of carbonyl (C=O) groups is 1. The summed E-state index contributed by atoms with van der Waals surface area (Å²) in [6.45, 7) is 0. The van der Waals surface area contributed by atoms with Gasteiger partial charge in [-0.25, -0.2) is 19.2 Å². The summed E-state index contributed by atoms with van der Waals surface area (Å²) in [4.78, 5) is 19.1. The average molecular weight is 308 g/mol. The summed E-state index contributed by atoms with van der Waals surface area (Å²) >= 11 is 5.86. The number of aromatic nitrogens is 5. The van der Waals surface area contributed by atoms with Crippen molar-refractivity contribution in [3.8, 4) is 5.69 Å². The summed E-state index contributed by atoms with van der Waals surface area (Å²) in [7, 11) is 1.22. The van der Waals surface area contributed by atoms with Crippen molar-refractivity contribution in [2.24, 2.45) is 0 Å². The highest BCUT2D eigenvalue weighted by atomic mass is 35.5. The Labute approximate surface area is 122 Å². The number of halogens is 2. The lowest BCUT2D eigenvalue weighted by Crippen LogP contribution is -2.05. The van der Waals surface area contributed by atoms with Gasteiger partial charge < -0.3 is 4.74 Å². The summed E-state index contributed by atoms with van der Waals surface area (Å²) in [6, 6.07) is 3.85. The molecule has 7 nitrogen and oxygen atoms in total. The minimum absolute atomic E-state index is 0.0833. The van der Waals surface area contributed by atoms with Crippen molar-refractivity contribution in [3.05, 3.63) is 41.1 Å². The molecule has 9 heteroatoms. The number of nitrogens with zero attached hydrogens (tertiary/aromatic N) is 5. The molecule has 0 N–H and O–H groups in total. The maximum absolute atomic E-state index is 14.2. The molecule has 0 unspecified atom stereocenters. The third-order valence-corrected chi connectivity index (χ3v) is 3.07. The first-order chi connectivity index (χ1) is 10.1. The number of benzene rings is 1. The Morgan fingerprint density at radius 1 is 1.38 bits per heavy atom. The van der Waals surface area contributed by atoms with Gasteiger partial charge in [-0.2, -0.15) is 4.68 Å². The van der Waals surface area contributed by atoms with Gasteiger partial charge in [-0.05, 0) is 18.2 Å². The fourth-order valence-electron chi connectivity index (χ4n) is 1.81. The predicted octanol–water partition coefficient (Wildman–Crippen LogP) is 1.79. The molecule has 0 radical (unpaired) electrons. The zero-order chi connectivity index (χ0) is 15.0. The fraction of sp³-hybridized carbons (Fsp3) is 0.0833. The summed E-state index contributed by atoms with van der Waals surface area (Å²) in [5, 5.41) is 7.74. The number of carbonyl (C=O) groups excluding carboxylic acids is 1. The number of esters is 1. The minimum Gasteiger partial charge on any atom is -0.465 e. The molecular formula is C12H7ClFN5O2. The zero-order valence-electron chi connectivity index (χ0n) is 10.6. The van der Waals surface area contributed by atoms with Crippen molar-refractivity contribution < 1.29 is 13.9 Å². The Hall–Kier alpha value is -2.61. The van der Waals surface area contributed by atoms with Gasteiger partial charge in [-0.1, -0.05) is 16.8 Å². The molecule has 3 aromatic rings. The van der Waals surface area contributed by atoms with Crippen molar-refractivity contribution in [1.82, 2.24) is 25.0 Å². The van der Waals surface area contributed by atoms with Crippen molar-refractivity contribution >= 4 is 28.7 Å². The highest BCUT2D eigenvalue weighted by Crippen LogP contribution is 2.21. The minimum atomic E-state index is -0.667. The van der Waals surface area contributed by atoms with Crippen LogP contribution in [0.3, 0.4) is 0 Å². The van der Waals surface area contributed by atoms with Crippen molar-refractivity contribution in [1.29, 1.82) is 0 Å². The first kappa shape index (κ1) is 13.4. The Morgan fingerprint density at radius 2 is 2.19 bits per heavy atom. The zero-order valence-corrected chi connectivity index (χ0v) is 11.4. The van der Waals surface area contributed by atoms with Gasteiger partial charge in [0.05, 0.1) is 12.7 Å². The molecule has 0 bridgehead atoms. The van der Waals surface area contributed by atoms with Crippen molar-refractivity contribution in [2.45, 2.75) is 0 Å². The van der Waals surface area contributed by atoms with Crippen LogP contribution in [0.1, 0.15) is 10.4 Å². The van der Waals surface area contributed by atoms with Crippen LogP contribution in [0.4, 0.5) is 4.39 Å². The average Bonchev–Trinajstić information content (AvgIpc) is 2.91. The Morgan fingerprint density at radius 3 is 2.90 bits per heavy atom. The molecule has 0 aliphatic rings. The topological polar surface area (TPSA) is 82.8 Å². The number of methoxy groups -OCH3 is 1. The molecule has 0 atom stereocenters. The standard InChI is InChI=1S/C12H7ClFN5O2/c1-21-12(20)6-2-3-8(7(14)4-6)19-11-9(17-18-19)10(13)15-5-16-11/h2-5H,1H3. The third kappa shape index (κ3) is 2.19. The van der Waals surface area contributed by atoms with Gasteiger partial charge >= 0.3 is 5.97 Å². The van der Waals surface area contributed by atoms with Crippen LogP contribution >= 0.6 is 11.6 Å². The molecule has 1 aromatic carbocycles. The van der Waals surface area contributed by atoms with Gasteiger partial charge in [0.1, 0.15) is 17.8 Å². The molecule has 0 spiro atoms. The van der Waals surface area contributed by atoms with Gasteiger partial charge in [0, 0.05) is 0 Å². The number of rotatable bonds is 2. The Kier molecular flexibility index (Phi) is 3.22. The quantitative estimate of drug-likeness (QED) is 0.530. The first-order valence-corrected chi connectivity index (χ1v) is 6.09. The lowest BCUT2D eigenvalue weighted by atomic mass is 10.2. The van der Waals surface area contributed by atoms with Crippen LogP contribution in [0.25, 0.3) is 16.9 Å². The fourth-order valence-corrected chi connectivity index (χ4v) is 1.97. The number of hydrogen-bond donors (Lipinski definition) is 0. The second kappa shape index (κ2) is 5.06. The monoisotopic (exact) mass is 307 g/mol. The molecule has 3 rings (SSSR count). The van der Waals surface area contributed by atoms with Crippen LogP contribution in [0, 0.1) is 5.82 Å². The van der Waals surface area contributed by atoms with Gasteiger partial charge in [-0.15, -0.1) is 5.10 Å². The van der Waals surface area contributed by atoms with E-state index in [1.54, 1.807) is 0 Å². The highest BCUT2D eigenvalue weighted by molar-refractivity contribution is 6.33. The molecule has 0 fully saturated rings. The van der Waals surface area contributed by atoms with Crippen molar-refractivity contribution in [2.75, 3.05) is 7.11 Å². The van der Waals surface area contributed by atoms with Gasteiger partial charge in [0.2, 0.25) is 0 Å². The van der Waals surface area contributed by atoms with E-state index in [0.717, 1.165) is 6.07 Å². The molecule has 21 heavy (non-hydrogen) atoms. The van der Waals surface area contributed by atoms with Crippen LogP contribution in [-0.4, -0.2) is 38.0 Å². The highest BCUT2D eigenvalue weighted by Gasteiger charge is 2.16. The summed E-state index contributed by atoms with van der Waals surface area (Å²) in [5.41, 5.74) is 0.700. The lowest BCUT2D eigenvalue weighted by molar-refractivity contribution is 0.0600. The summed E-state index contributed by atoms with van der Waals surface area (Å²) < 4.78 is 19.9. The van der Waals surface area contributed by atoms with E-state index in [1.165, 1.54) is 30.3 Å². The second-order valence-electron chi connectivity index (χ2n) is 4.00. The molecule has 0 amide bonds. The Bertz CT molecular complexity index is 851. The molecule has 106 valence electrons. The van der Waals surface area contributed by atoms with E-state index in [-0.39, 0.29) is 27.6 Å². The van der Waals surface area contributed by atoms with E-state index in [9.17, 15) is 9.18 Å². The smallest absolute Gasteiger partial charge is 0.337 e. The van der Waals surface area contributed by atoms with E-state index < -0.39 is 11.8 Å². The van der Waals surface area contributed by atoms with Crippen molar-refractivity contribution in [3.63, 3.8) is 0 Å². The number of ether oxygens (including phenoxy) is 1. The first-order valence-electron chi connectivity index (χ1n) is 5.72. The van der Waals surface area contributed by atoms with E-state index in [2.05, 4.69) is 25.0 Å². The number of fused-ring (bicyclic) bond motifs is 1. The molecule has 2 aromatic heterocycles. The molecule has 2 heterocycles. The van der Waals surface area contributed by atoms with E-state index in [4.69, 9.17) is 11.6 Å². The van der Waals surface area contributed by atoms with Gasteiger partial charge in [0.15, 0.2) is 16.3 Å². The van der Waals surface area contributed by atoms with E-state index in [1.807, 2.05) is 0 Å². The molecule has 0 aliphatic heterocycles. The SMILES string of the molecule is COC(=O)c1ccc(-n2nnc3c(Cl)ncnc32)c(F)c1. The maximum atomic E-state index is 14.2. The normalized spacial score (nSPS) is 10.8. The van der Waals surface area contributed by atoms with E-state index in [0.29, 0.717) is 0 Å². The van der Waals surface area contributed by atoms with Gasteiger partial charge in [0.25, 0.3) is 0 Å². The maximum Gasteiger partial charge on any atom is 0.337 e. The summed E-state index contributed by atoms with van der Waals surface area (Å²) in [6.07, 6.45) is 1.23. The second-order valence-corrected chi connectivity index (χ2v) is 4.35. The number of hydrogen-bond acceptors (Lipinski definition) is 6. The van der Waals surface area contributed by atoms with Gasteiger partial charge in [-0.3, -0.25) is 0 Å². The molecular weight excluding hydrogens is 301 g/mol. The van der Waals surface area contributed by atoms with Crippen LogP contribution in [-0.2, 0) is 4.74 Å². The van der Waals surface area contributed by atoms with Crippen LogP contribution in [0.2, 0.25) is 5.15 Å². The Balaban J connectivity index is 2.15. The molecule has 0 aliphatic carbocycles. The largest absolute Gasteiger partial charge is 0.465 e.